The van der Waals surface area contributed by atoms with E-state index in [1.807, 2.05) is 31.2 Å². The van der Waals surface area contributed by atoms with E-state index in [2.05, 4.69) is 10.6 Å². The van der Waals surface area contributed by atoms with Crippen LogP contribution < -0.4 is 15.4 Å². The SMILES string of the molecule is COc1cccc([C@@H](C)NC(=O)[C@H]2CCCN2)c1. The minimum Gasteiger partial charge on any atom is -0.497 e. The molecule has 2 rings (SSSR count). The highest BCUT2D eigenvalue weighted by Gasteiger charge is 2.23. The van der Waals surface area contributed by atoms with E-state index in [1.54, 1.807) is 7.11 Å². The summed E-state index contributed by atoms with van der Waals surface area (Å²) in [6, 6.07) is 7.75. The van der Waals surface area contributed by atoms with Crippen LogP contribution >= 0.6 is 0 Å². The summed E-state index contributed by atoms with van der Waals surface area (Å²) in [5, 5.41) is 6.23. The van der Waals surface area contributed by atoms with Crippen LogP contribution in [-0.4, -0.2) is 25.6 Å². The number of ether oxygens (including phenoxy) is 1. The first-order chi connectivity index (χ1) is 8.70. The van der Waals surface area contributed by atoms with Gasteiger partial charge in [0.25, 0.3) is 0 Å². The van der Waals surface area contributed by atoms with Crippen LogP contribution in [0.1, 0.15) is 31.4 Å². The molecule has 0 radical (unpaired) electrons. The van der Waals surface area contributed by atoms with Gasteiger partial charge in [0.05, 0.1) is 19.2 Å². The molecule has 1 aromatic carbocycles. The number of amides is 1. The lowest BCUT2D eigenvalue weighted by Crippen LogP contribution is -2.41. The molecule has 0 saturated carbocycles. The summed E-state index contributed by atoms with van der Waals surface area (Å²) in [7, 11) is 1.64. The smallest absolute Gasteiger partial charge is 0.237 e. The molecule has 0 aromatic heterocycles. The second-order valence-electron chi connectivity index (χ2n) is 4.66. The Labute approximate surface area is 108 Å². The quantitative estimate of drug-likeness (QED) is 0.851. The molecule has 1 aliphatic rings. The molecule has 1 fully saturated rings. The summed E-state index contributed by atoms with van der Waals surface area (Å²) in [6.07, 6.45) is 2.00. The van der Waals surface area contributed by atoms with E-state index in [4.69, 9.17) is 4.74 Å². The van der Waals surface area contributed by atoms with Gasteiger partial charge in [-0.15, -0.1) is 0 Å². The Morgan fingerprint density at radius 1 is 1.56 bits per heavy atom. The number of methoxy groups -OCH3 is 1. The van der Waals surface area contributed by atoms with E-state index in [0.29, 0.717) is 0 Å². The molecule has 0 spiro atoms. The number of hydrogen-bond donors (Lipinski definition) is 2. The van der Waals surface area contributed by atoms with Crippen LogP contribution in [0.5, 0.6) is 5.75 Å². The maximum atomic E-state index is 12.0. The van der Waals surface area contributed by atoms with Crippen molar-refractivity contribution in [3.05, 3.63) is 29.8 Å². The van der Waals surface area contributed by atoms with Crippen molar-refractivity contribution < 1.29 is 9.53 Å². The summed E-state index contributed by atoms with van der Waals surface area (Å²) in [5.74, 6) is 0.899. The average Bonchev–Trinajstić information content (AvgIpc) is 2.92. The van der Waals surface area contributed by atoms with Crippen LogP contribution in [0.25, 0.3) is 0 Å². The number of hydrogen-bond acceptors (Lipinski definition) is 3. The zero-order valence-corrected chi connectivity index (χ0v) is 10.9. The second-order valence-corrected chi connectivity index (χ2v) is 4.66. The fraction of sp³-hybridized carbons (Fsp3) is 0.500. The van der Waals surface area contributed by atoms with E-state index in [9.17, 15) is 4.79 Å². The van der Waals surface area contributed by atoms with Crippen molar-refractivity contribution in [1.29, 1.82) is 0 Å². The number of nitrogens with one attached hydrogen (secondary N) is 2. The van der Waals surface area contributed by atoms with Crippen LogP contribution in [0.3, 0.4) is 0 Å². The molecule has 4 nitrogen and oxygen atoms in total. The number of carbonyl (C=O) groups excluding carboxylic acids is 1. The largest absolute Gasteiger partial charge is 0.497 e. The van der Waals surface area contributed by atoms with Gasteiger partial charge >= 0.3 is 0 Å². The molecule has 1 aliphatic heterocycles. The van der Waals surface area contributed by atoms with Crippen LogP contribution in [0.2, 0.25) is 0 Å². The van der Waals surface area contributed by atoms with Crippen LogP contribution in [0, 0.1) is 0 Å². The number of benzene rings is 1. The first-order valence-corrected chi connectivity index (χ1v) is 6.38. The first kappa shape index (κ1) is 12.9. The van der Waals surface area contributed by atoms with Gasteiger partial charge in [-0.1, -0.05) is 12.1 Å². The van der Waals surface area contributed by atoms with Crippen molar-refractivity contribution in [2.45, 2.75) is 31.8 Å². The van der Waals surface area contributed by atoms with Crippen LogP contribution in [-0.2, 0) is 4.79 Å². The minimum atomic E-state index is -0.0296. The van der Waals surface area contributed by atoms with Gasteiger partial charge in [0, 0.05) is 0 Å². The Hall–Kier alpha value is -1.55. The summed E-state index contributed by atoms with van der Waals surface area (Å²) in [5.41, 5.74) is 1.06. The molecule has 2 N–H and O–H groups in total. The lowest BCUT2D eigenvalue weighted by Gasteiger charge is -2.18. The third-order valence-electron chi connectivity index (χ3n) is 3.33. The van der Waals surface area contributed by atoms with Crippen molar-refractivity contribution in [1.82, 2.24) is 10.6 Å². The standard InChI is InChI=1S/C14H20N2O2/c1-10(11-5-3-6-12(9-11)18-2)16-14(17)13-7-4-8-15-13/h3,5-6,9-10,13,15H,4,7-8H2,1-2H3,(H,16,17)/t10-,13-/m1/s1. The Morgan fingerprint density at radius 3 is 3.06 bits per heavy atom. The Morgan fingerprint density at radius 2 is 2.39 bits per heavy atom. The molecule has 1 amide bonds. The van der Waals surface area contributed by atoms with E-state index < -0.39 is 0 Å². The molecule has 0 unspecified atom stereocenters. The van der Waals surface area contributed by atoms with Gasteiger partial charge in [-0.05, 0) is 44.0 Å². The van der Waals surface area contributed by atoms with Gasteiger partial charge in [0.15, 0.2) is 0 Å². The molecule has 2 atom stereocenters. The molecule has 98 valence electrons. The van der Waals surface area contributed by atoms with E-state index in [1.165, 1.54) is 0 Å². The summed E-state index contributed by atoms with van der Waals surface area (Å²) in [6.45, 7) is 2.92. The van der Waals surface area contributed by atoms with Crippen molar-refractivity contribution in [2.75, 3.05) is 13.7 Å². The Kier molecular flexibility index (Phi) is 4.20. The fourth-order valence-electron chi connectivity index (χ4n) is 2.22. The third kappa shape index (κ3) is 3.01. The van der Waals surface area contributed by atoms with E-state index in [-0.39, 0.29) is 18.0 Å². The average molecular weight is 248 g/mol. The molecule has 1 heterocycles. The molecular formula is C14H20N2O2. The van der Waals surface area contributed by atoms with Crippen molar-refractivity contribution in [2.24, 2.45) is 0 Å². The summed E-state index contributed by atoms with van der Waals surface area (Å²) < 4.78 is 5.18. The minimum absolute atomic E-state index is 0.00463. The monoisotopic (exact) mass is 248 g/mol. The van der Waals surface area contributed by atoms with Crippen LogP contribution in [0.4, 0.5) is 0 Å². The summed E-state index contributed by atoms with van der Waals surface area (Å²) >= 11 is 0. The number of rotatable bonds is 4. The van der Waals surface area contributed by atoms with Gasteiger partial charge < -0.3 is 15.4 Å². The van der Waals surface area contributed by atoms with Crippen LogP contribution in [0.15, 0.2) is 24.3 Å². The predicted octanol–water partition coefficient (Wildman–Crippen LogP) is 1.62. The molecule has 1 aromatic rings. The van der Waals surface area contributed by atoms with E-state index >= 15 is 0 Å². The van der Waals surface area contributed by atoms with Crippen molar-refractivity contribution in [3.8, 4) is 5.75 Å². The Balaban J connectivity index is 1.97. The number of carbonyl (C=O) groups is 1. The second kappa shape index (κ2) is 5.87. The zero-order valence-electron chi connectivity index (χ0n) is 10.9. The highest BCUT2D eigenvalue weighted by Crippen LogP contribution is 2.19. The molecule has 0 aliphatic carbocycles. The first-order valence-electron chi connectivity index (χ1n) is 6.38. The van der Waals surface area contributed by atoms with Gasteiger partial charge in [0.2, 0.25) is 5.91 Å². The normalized spacial score (nSPS) is 20.4. The lowest BCUT2D eigenvalue weighted by atomic mass is 10.1. The maximum absolute atomic E-state index is 12.0. The summed E-state index contributed by atoms with van der Waals surface area (Å²) in [4.78, 5) is 12.0. The third-order valence-corrected chi connectivity index (χ3v) is 3.33. The van der Waals surface area contributed by atoms with Gasteiger partial charge in [-0.3, -0.25) is 4.79 Å². The molecule has 1 saturated heterocycles. The molecule has 4 heteroatoms. The topological polar surface area (TPSA) is 50.4 Å². The van der Waals surface area contributed by atoms with Gasteiger partial charge in [-0.25, -0.2) is 0 Å². The molecule has 0 bridgehead atoms. The fourth-order valence-corrected chi connectivity index (χ4v) is 2.22. The molecular weight excluding hydrogens is 228 g/mol. The van der Waals surface area contributed by atoms with Crippen molar-refractivity contribution >= 4 is 5.91 Å². The van der Waals surface area contributed by atoms with Gasteiger partial charge in [0.1, 0.15) is 5.75 Å². The van der Waals surface area contributed by atoms with Gasteiger partial charge in [-0.2, -0.15) is 0 Å². The highest BCUT2D eigenvalue weighted by atomic mass is 16.5. The molecule has 18 heavy (non-hydrogen) atoms. The van der Waals surface area contributed by atoms with Crippen molar-refractivity contribution in [3.63, 3.8) is 0 Å². The highest BCUT2D eigenvalue weighted by molar-refractivity contribution is 5.82. The zero-order chi connectivity index (χ0) is 13.0. The lowest BCUT2D eigenvalue weighted by molar-refractivity contribution is -0.123. The maximum Gasteiger partial charge on any atom is 0.237 e. The Bertz CT molecular complexity index is 414. The van der Waals surface area contributed by atoms with E-state index in [0.717, 1.165) is 30.7 Å². The predicted molar refractivity (Wildman–Crippen MR) is 70.6 cm³/mol.